The van der Waals surface area contributed by atoms with E-state index in [1.165, 1.54) is 12.6 Å². The minimum Gasteiger partial charge on any atom is -0.302 e. The first-order chi connectivity index (χ1) is 16.2. The zero-order valence-electron chi connectivity index (χ0n) is 19.0. The van der Waals surface area contributed by atoms with E-state index < -0.39 is 23.1 Å². The first kappa shape index (κ1) is 26.2. The van der Waals surface area contributed by atoms with Crippen molar-refractivity contribution in [3.63, 3.8) is 0 Å². The van der Waals surface area contributed by atoms with Gasteiger partial charge in [0.25, 0.3) is 0 Å². The summed E-state index contributed by atoms with van der Waals surface area (Å²) >= 11 is 6.07. The first-order valence-corrected chi connectivity index (χ1v) is 11.7. The van der Waals surface area contributed by atoms with E-state index in [1.54, 1.807) is 30.4 Å². The summed E-state index contributed by atoms with van der Waals surface area (Å²) < 4.78 is 55.6. The fourth-order valence-electron chi connectivity index (χ4n) is 4.59. The smallest absolute Gasteiger partial charge is 0.302 e. The third-order valence-corrected chi connectivity index (χ3v) is 6.59. The van der Waals surface area contributed by atoms with Crippen LogP contribution in [0.3, 0.4) is 0 Å². The summed E-state index contributed by atoms with van der Waals surface area (Å²) in [5.41, 5.74) is -0.980. The number of nitrogens with zero attached hydrogens (tertiary/aromatic N) is 1. The normalized spacial score (nSPS) is 17.3. The zero-order chi connectivity index (χ0) is 24.8. The van der Waals surface area contributed by atoms with E-state index in [2.05, 4.69) is 23.5 Å². The first-order valence-electron chi connectivity index (χ1n) is 11.4. The molecular formula is C27H29ClF4N2. The van der Waals surface area contributed by atoms with Crippen LogP contribution in [0, 0.1) is 11.7 Å². The Morgan fingerprint density at radius 1 is 1.09 bits per heavy atom. The molecule has 1 aromatic carbocycles. The van der Waals surface area contributed by atoms with E-state index in [0.29, 0.717) is 29.2 Å². The number of halogens is 5. The molecule has 0 saturated heterocycles. The maximum Gasteiger partial charge on any atom is 0.416 e. The molecule has 34 heavy (non-hydrogen) atoms. The molecule has 1 heterocycles. The SMILES string of the molecule is C=C/C=C(\C=C)CC(NCC1CCCCC1)(c1cc(F)cc(C(F)(F)F)c1)c1ccc(Cl)cn1. The lowest BCUT2D eigenvalue weighted by Crippen LogP contribution is -2.47. The Hall–Kier alpha value is -2.44. The average molecular weight is 493 g/mol. The molecule has 7 heteroatoms. The highest BCUT2D eigenvalue weighted by Crippen LogP contribution is 2.40. The van der Waals surface area contributed by atoms with Crippen LogP contribution in [0.4, 0.5) is 17.6 Å². The molecule has 0 bridgehead atoms. The highest BCUT2D eigenvalue weighted by molar-refractivity contribution is 6.30. The standard InChI is InChI=1S/C27H29ClF4N2/c1-3-8-19(4-2)16-26(25-12-11-23(28)18-33-25,34-17-20-9-6-5-7-10-20)21-13-22(27(30,31)32)15-24(29)14-21/h3-4,8,11-15,18,20,34H,1-2,5-7,9-10,16-17H2/b19-8+. The summed E-state index contributed by atoms with van der Waals surface area (Å²) in [6.45, 7) is 8.14. The predicted molar refractivity (Wildman–Crippen MR) is 129 cm³/mol. The van der Waals surface area contributed by atoms with Crippen LogP contribution in [0.2, 0.25) is 5.02 Å². The van der Waals surface area contributed by atoms with Gasteiger partial charge in [0, 0.05) is 12.6 Å². The Bertz CT molecular complexity index is 1020. The second-order valence-corrected chi connectivity index (χ2v) is 9.17. The molecule has 2 nitrogen and oxygen atoms in total. The minimum absolute atomic E-state index is 0.141. The van der Waals surface area contributed by atoms with Crippen LogP contribution < -0.4 is 5.32 Å². The summed E-state index contributed by atoms with van der Waals surface area (Å²) in [6, 6.07) is 5.97. The van der Waals surface area contributed by atoms with Gasteiger partial charge in [-0.05, 0) is 66.8 Å². The van der Waals surface area contributed by atoms with E-state index in [1.807, 2.05) is 0 Å². The van der Waals surface area contributed by atoms with E-state index in [4.69, 9.17) is 11.6 Å². The van der Waals surface area contributed by atoms with Gasteiger partial charge >= 0.3 is 6.18 Å². The Kier molecular flexibility index (Phi) is 8.72. The number of allylic oxidation sites excluding steroid dienone is 3. The highest BCUT2D eigenvalue weighted by atomic mass is 35.5. The molecule has 0 spiro atoms. The summed E-state index contributed by atoms with van der Waals surface area (Å²) in [6.07, 6.45) is 7.38. The number of nitrogens with one attached hydrogen (secondary N) is 1. The molecule has 1 aliphatic carbocycles. The quantitative estimate of drug-likeness (QED) is 0.283. The van der Waals surface area contributed by atoms with Crippen LogP contribution >= 0.6 is 11.6 Å². The molecule has 0 radical (unpaired) electrons. The number of alkyl halides is 3. The third-order valence-electron chi connectivity index (χ3n) is 6.36. The molecule has 1 aromatic heterocycles. The number of hydrogen-bond acceptors (Lipinski definition) is 2. The van der Waals surface area contributed by atoms with Crippen molar-refractivity contribution >= 4 is 11.6 Å². The Morgan fingerprint density at radius 2 is 1.79 bits per heavy atom. The molecule has 182 valence electrons. The van der Waals surface area contributed by atoms with Crippen LogP contribution in [-0.4, -0.2) is 11.5 Å². The number of benzene rings is 1. The van der Waals surface area contributed by atoms with Crippen LogP contribution in [-0.2, 0) is 11.7 Å². The maximum atomic E-state index is 14.6. The van der Waals surface area contributed by atoms with E-state index in [-0.39, 0.29) is 12.0 Å². The van der Waals surface area contributed by atoms with Gasteiger partial charge in [-0.25, -0.2) is 4.39 Å². The minimum atomic E-state index is -4.70. The Morgan fingerprint density at radius 3 is 2.38 bits per heavy atom. The topological polar surface area (TPSA) is 24.9 Å². The third kappa shape index (κ3) is 6.36. The van der Waals surface area contributed by atoms with Crippen LogP contribution in [0.1, 0.15) is 55.3 Å². The van der Waals surface area contributed by atoms with E-state index >= 15 is 0 Å². The summed E-state index contributed by atoms with van der Waals surface area (Å²) in [4.78, 5) is 4.47. The molecule has 1 N–H and O–H groups in total. The number of hydrogen-bond donors (Lipinski definition) is 1. The van der Waals surface area contributed by atoms with Crippen molar-refractivity contribution in [2.24, 2.45) is 5.92 Å². The van der Waals surface area contributed by atoms with Crippen molar-refractivity contribution in [1.82, 2.24) is 10.3 Å². The fourth-order valence-corrected chi connectivity index (χ4v) is 4.70. The lowest BCUT2D eigenvalue weighted by molar-refractivity contribution is -0.137. The van der Waals surface area contributed by atoms with Gasteiger partial charge < -0.3 is 5.32 Å². The summed E-state index contributed by atoms with van der Waals surface area (Å²) in [5.74, 6) is -0.595. The number of pyridine rings is 1. The van der Waals surface area contributed by atoms with Crippen molar-refractivity contribution in [3.8, 4) is 0 Å². The van der Waals surface area contributed by atoms with Crippen molar-refractivity contribution in [3.05, 3.63) is 101 Å². The molecular weight excluding hydrogens is 464 g/mol. The largest absolute Gasteiger partial charge is 0.416 e. The fraction of sp³-hybridized carbons (Fsp3) is 0.370. The van der Waals surface area contributed by atoms with Gasteiger partial charge in [0.15, 0.2) is 0 Å². The van der Waals surface area contributed by atoms with Gasteiger partial charge in [0.1, 0.15) is 5.82 Å². The van der Waals surface area contributed by atoms with Gasteiger partial charge in [0.05, 0.1) is 21.8 Å². The molecule has 0 amide bonds. The molecule has 1 saturated carbocycles. The average Bonchev–Trinajstić information content (AvgIpc) is 2.81. The lowest BCUT2D eigenvalue weighted by atomic mass is 9.78. The predicted octanol–water partition coefficient (Wildman–Crippen LogP) is 7.99. The maximum absolute atomic E-state index is 14.6. The molecule has 3 rings (SSSR count). The molecule has 0 aliphatic heterocycles. The lowest BCUT2D eigenvalue weighted by Gasteiger charge is -2.38. The second-order valence-electron chi connectivity index (χ2n) is 8.74. The van der Waals surface area contributed by atoms with E-state index in [9.17, 15) is 17.6 Å². The van der Waals surface area contributed by atoms with Crippen molar-refractivity contribution < 1.29 is 17.6 Å². The van der Waals surface area contributed by atoms with Gasteiger partial charge in [-0.2, -0.15) is 13.2 Å². The second kappa shape index (κ2) is 11.3. The summed E-state index contributed by atoms with van der Waals surface area (Å²) in [5, 5.41) is 3.92. The number of rotatable bonds is 9. The molecule has 2 aromatic rings. The van der Waals surface area contributed by atoms with Crippen LogP contribution in [0.15, 0.2) is 73.5 Å². The van der Waals surface area contributed by atoms with Gasteiger partial charge in [-0.15, -0.1) is 0 Å². The highest BCUT2D eigenvalue weighted by Gasteiger charge is 2.40. The molecule has 1 fully saturated rings. The summed E-state index contributed by atoms with van der Waals surface area (Å²) in [7, 11) is 0. The van der Waals surface area contributed by atoms with Gasteiger partial charge in [0.2, 0.25) is 0 Å². The van der Waals surface area contributed by atoms with Crippen molar-refractivity contribution in [2.75, 3.05) is 6.54 Å². The molecule has 1 aliphatic rings. The van der Waals surface area contributed by atoms with Gasteiger partial charge in [-0.3, -0.25) is 4.98 Å². The Labute approximate surface area is 203 Å². The Balaban J connectivity index is 2.21. The molecule has 1 unspecified atom stereocenters. The van der Waals surface area contributed by atoms with Crippen LogP contribution in [0.5, 0.6) is 0 Å². The van der Waals surface area contributed by atoms with E-state index in [0.717, 1.165) is 43.4 Å². The zero-order valence-corrected chi connectivity index (χ0v) is 19.7. The van der Waals surface area contributed by atoms with Crippen molar-refractivity contribution in [1.29, 1.82) is 0 Å². The van der Waals surface area contributed by atoms with Crippen molar-refractivity contribution in [2.45, 2.75) is 50.2 Å². The number of aromatic nitrogens is 1. The van der Waals surface area contributed by atoms with Crippen LogP contribution in [0.25, 0.3) is 0 Å². The molecule has 1 atom stereocenters. The van der Waals surface area contributed by atoms with Gasteiger partial charge in [-0.1, -0.05) is 62.2 Å². The monoisotopic (exact) mass is 492 g/mol.